The van der Waals surface area contributed by atoms with E-state index in [9.17, 15) is 18.2 Å². The van der Waals surface area contributed by atoms with Crippen molar-refractivity contribution >= 4 is 28.7 Å². The summed E-state index contributed by atoms with van der Waals surface area (Å²) in [7, 11) is -4.64. The zero-order valence-electron chi connectivity index (χ0n) is 15.1. The fourth-order valence-electron chi connectivity index (χ4n) is 2.39. The standard InChI is InChI=1S/C15H23BN2O7S/c1-15(2,3)24-14(19)17-8-12-10-6-5-7-11(13(10)16(20)25-12)23-9-18-26(4,21)22/h5-7,12,18,20H,8-9H2,1-4H3,(H,17,19). The highest BCUT2D eigenvalue weighted by Crippen LogP contribution is 2.27. The summed E-state index contributed by atoms with van der Waals surface area (Å²) in [6.07, 6.45) is -0.157. The van der Waals surface area contributed by atoms with Crippen LogP contribution in [0.5, 0.6) is 5.75 Å². The number of ether oxygens (including phenoxy) is 2. The van der Waals surface area contributed by atoms with Gasteiger partial charge < -0.3 is 24.5 Å². The van der Waals surface area contributed by atoms with Crippen LogP contribution in [0.4, 0.5) is 4.79 Å². The minimum Gasteiger partial charge on any atom is -0.478 e. The molecule has 9 nitrogen and oxygen atoms in total. The number of fused-ring (bicyclic) bond motifs is 1. The predicted octanol–water partition coefficient (Wildman–Crippen LogP) is -0.144. The third-order valence-electron chi connectivity index (χ3n) is 3.37. The Kier molecular flexibility index (Phi) is 6.17. The molecule has 1 heterocycles. The van der Waals surface area contributed by atoms with Crippen molar-refractivity contribution < 1.29 is 32.4 Å². The molecule has 0 aliphatic carbocycles. The van der Waals surface area contributed by atoms with Crippen molar-refractivity contribution in [3.05, 3.63) is 23.8 Å². The summed E-state index contributed by atoms with van der Waals surface area (Å²) >= 11 is 0. The molecule has 1 atom stereocenters. The van der Waals surface area contributed by atoms with Crippen LogP contribution in [0.25, 0.3) is 0 Å². The smallest absolute Gasteiger partial charge is 0.478 e. The predicted molar refractivity (Wildman–Crippen MR) is 95.6 cm³/mol. The number of rotatable bonds is 6. The van der Waals surface area contributed by atoms with Crippen LogP contribution in [0.15, 0.2) is 18.2 Å². The molecule has 0 radical (unpaired) electrons. The van der Waals surface area contributed by atoms with Crippen LogP contribution in [0, 0.1) is 0 Å². The molecule has 1 aromatic rings. The molecule has 0 aromatic heterocycles. The van der Waals surface area contributed by atoms with E-state index < -0.39 is 34.9 Å². The van der Waals surface area contributed by atoms with Crippen molar-refractivity contribution in [1.82, 2.24) is 10.0 Å². The summed E-state index contributed by atoms with van der Waals surface area (Å²) in [5.74, 6) is 0.297. The lowest BCUT2D eigenvalue weighted by Gasteiger charge is -2.21. The molecule has 1 aliphatic rings. The van der Waals surface area contributed by atoms with Crippen LogP contribution < -0.4 is 20.2 Å². The number of alkyl carbamates (subject to hydrolysis) is 1. The van der Waals surface area contributed by atoms with E-state index in [0.29, 0.717) is 16.8 Å². The Morgan fingerprint density at radius 1 is 1.38 bits per heavy atom. The summed E-state index contributed by atoms with van der Waals surface area (Å²) in [6, 6.07) is 5.03. The zero-order valence-corrected chi connectivity index (χ0v) is 15.9. The van der Waals surface area contributed by atoms with Crippen molar-refractivity contribution in [1.29, 1.82) is 0 Å². The fraction of sp³-hybridized carbons (Fsp3) is 0.533. The SMILES string of the molecule is CC(C)(C)OC(=O)NCC1OB(O)c2c(OCNS(C)(=O)=O)cccc21. The summed E-state index contributed by atoms with van der Waals surface area (Å²) in [5.41, 5.74) is 0.426. The summed E-state index contributed by atoms with van der Waals surface area (Å²) in [5, 5.41) is 12.8. The van der Waals surface area contributed by atoms with Gasteiger partial charge in [0, 0.05) is 12.0 Å². The summed E-state index contributed by atoms with van der Waals surface area (Å²) in [6.45, 7) is 5.09. The number of hydrogen-bond acceptors (Lipinski definition) is 7. The molecule has 0 saturated carbocycles. The lowest BCUT2D eigenvalue weighted by Crippen LogP contribution is -2.35. The Morgan fingerprint density at radius 3 is 2.69 bits per heavy atom. The normalized spacial score (nSPS) is 17.0. The molecule has 1 amide bonds. The summed E-state index contributed by atoms with van der Waals surface area (Å²) < 4.78 is 40.4. The zero-order chi connectivity index (χ0) is 19.5. The molecular formula is C15H23BN2O7S. The van der Waals surface area contributed by atoms with Gasteiger partial charge in [0.25, 0.3) is 0 Å². The monoisotopic (exact) mass is 386 g/mol. The van der Waals surface area contributed by atoms with Gasteiger partial charge in [-0.25, -0.2) is 13.2 Å². The molecule has 0 saturated heterocycles. The maximum absolute atomic E-state index is 11.8. The quantitative estimate of drug-likeness (QED) is 0.459. The molecule has 11 heteroatoms. The van der Waals surface area contributed by atoms with Crippen LogP contribution in [-0.2, 0) is 19.4 Å². The largest absolute Gasteiger partial charge is 0.495 e. The van der Waals surface area contributed by atoms with E-state index in [-0.39, 0.29) is 13.3 Å². The van der Waals surface area contributed by atoms with Gasteiger partial charge in [-0.3, -0.25) is 0 Å². The van der Waals surface area contributed by atoms with Crippen LogP contribution >= 0.6 is 0 Å². The minimum atomic E-state index is -3.40. The number of carbonyl (C=O) groups excluding carboxylic acids is 1. The molecule has 0 bridgehead atoms. The molecule has 1 aromatic carbocycles. The van der Waals surface area contributed by atoms with Gasteiger partial charge >= 0.3 is 13.2 Å². The lowest BCUT2D eigenvalue weighted by molar-refractivity contribution is 0.0498. The Balaban J connectivity index is 2.04. The molecule has 144 valence electrons. The van der Waals surface area contributed by atoms with Crippen LogP contribution in [0.3, 0.4) is 0 Å². The Hall–Kier alpha value is -1.82. The first-order valence-corrected chi connectivity index (χ1v) is 9.86. The second-order valence-corrected chi connectivity index (χ2v) is 8.66. The van der Waals surface area contributed by atoms with Gasteiger partial charge in [-0.15, -0.1) is 0 Å². The highest BCUT2D eigenvalue weighted by molar-refractivity contribution is 7.88. The van der Waals surface area contributed by atoms with Crippen LogP contribution in [0.2, 0.25) is 0 Å². The van der Waals surface area contributed by atoms with Gasteiger partial charge in [-0.05, 0) is 32.4 Å². The maximum Gasteiger partial charge on any atom is 0.495 e. The molecule has 0 fully saturated rings. The van der Waals surface area contributed by atoms with Crippen molar-refractivity contribution in [3.8, 4) is 5.75 Å². The average molecular weight is 386 g/mol. The van der Waals surface area contributed by atoms with Crippen LogP contribution in [0.1, 0.15) is 32.4 Å². The first kappa shape index (κ1) is 20.5. The van der Waals surface area contributed by atoms with Gasteiger partial charge in [0.15, 0.2) is 6.73 Å². The van der Waals surface area contributed by atoms with Crippen LogP contribution in [-0.4, -0.2) is 51.8 Å². The Morgan fingerprint density at radius 2 is 2.08 bits per heavy atom. The van der Waals surface area contributed by atoms with E-state index in [1.54, 1.807) is 39.0 Å². The van der Waals surface area contributed by atoms with Gasteiger partial charge in [-0.2, -0.15) is 4.72 Å². The van der Waals surface area contributed by atoms with E-state index in [4.69, 9.17) is 14.1 Å². The second kappa shape index (κ2) is 7.83. The van der Waals surface area contributed by atoms with E-state index >= 15 is 0 Å². The first-order chi connectivity index (χ1) is 12.0. The number of carbonyl (C=O) groups is 1. The Bertz CT molecular complexity index is 764. The number of amides is 1. The third-order valence-corrected chi connectivity index (χ3v) is 4.01. The highest BCUT2D eigenvalue weighted by atomic mass is 32.2. The molecule has 1 unspecified atom stereocenters. The molecular weight excluding hydrogens is 363 g/mol. The molecule has 26 heavy (non-hydrogen) atoms. The number of sulfonamides is 1. The van der Waals surface area contributed by atoms with Gasteiger partial charge in [0.05, 0.1) is 12.4 Å². The van der Waals surface area contributed by atoms with Gasteiger partial charge in [0.2, 0.25) is 10.0 Å². The van der Waals surface area contributed by atoms with Crippen molar-refractivity contribution in [2.75, 3.05) is 19.5 Å². The van der Waals surface area contributed by atoms with E-state index in [2.05, 4.69) is 10.0 Å². The molecule has 1 aliphatic heterocycles. The number of benzene rings is 1. The summed E-state index contributed by atoms with van der Waals surface area (Å²) in [4.78, 5) is 11.8. The van der Waals surface area contributed by atoms with Crippen molar-refractivity contribution in [2.45, 2.75) is 32.5 Å². The van der Waals surface area contributed by atoms with Crippen molar-refractivity contribution in [2.24, 2.45) is 0 Å². The highest BCUT2D eigenvalue weighted by Gasteiger charge is 2.38. The van der Waals surface area contributed by atoms with Gasteiger partial charge in [-0.1, -0.05) is 12.1 Å². The molecule has 2 rings (SSSR count). The number of hydrogen-bond donors (Lipinski definition) is 3. The third kappa shape index (κ3) is 5.87. The minimum absolute atomic E-state index is 0.101. The van der Waals surface area contributed by atoms with E-state index in [0.717, 1.165) is 6.26 Å². The fourth-order valence-corrected chi connectivity index (χ4v) is 2.66. The second-order valence-electron chi connectivity index (χ2n) is 6.82. The lowest BCUT2D eigenvalue weighted by atomic mass is 9.78. The van der Waals surface area contributed by atoms with Gasteiger partial charge in [0.1, 0.15) is 11.4 Å². The molecule has 3 N–H and O–H groups in total. The topological polar surface area (TPSA) is 123 Å². The maximum atomic E-state index is 11.8. The van der Waals surface area contributed by atoms with E-state index in [1.807, 2.05) is 0 Å². The van der Waals surface area contributed by atoms with Crippen molar-refractivity contribution in [3.63, 3.8) is 0 Å². The Labute approximate surface area is 153 Å². The molecule has 0 spiro atoms. The average Bonchev–Trinajstić information content (AvgIpc) is 2.80. The number of nitrogens with one attached hydrogen (secondary N) is 2. The first-order valence-electron chi connectivity index (χ1n) is 7.97. The van der Waals surface area contributed by atoms with E-state index in [1.165, 1.54) is 0 Å².